The lowest BCUT2D eigenvalue weighted by Gasteiger charge is -2.22. The molecule has 0 atom stereocenters. The summed E-state index contributed by atoms with van der Waals surface area (Å²) >= 11 is 0. The van der Waals surface area contributed by atoms with E-state index in [0.29, 0.717) is 36.8 Å². The van der Waals surface area contributed by atoms with Crippen molar-refractivity contribution in [3.8, 4) is 0 Å². The van der Waals surface area contributed by atoms with Gasteiger partial charge in [0, 0.05) is 19.0 Å². The number of nitrogen functional groups attached to an aromatic ring is 1. The van der Waals surface area contributed by atoms with Crippen molar-refractivity contribution in [2.75, 3.05) is 17.6 Å². The molecule has 24 heavy (non-hydrogen) atoms. The Morgan fingerprint density at radius 1 is 1.12 bits per heavy atom. The zero-order chi connectivity index (χ0) is 16.5. The number of para-hydroxylation sites is 2. The van der Waals surface area contributed by atoms with Gasteiger partial charge in [0.1, 0.15) is 0 Å². The predicted octanol–water partition coefficient (Wildman–Crippen LogP) is 3.04. The third kappa shape index (κ3) is 7.08. The van der Waals surface area contributed by atoms with Crippen LogP contribution in [0.2, 0.25) is 0 Å². The molecule has 1 aromatic rings. The number of hydrogen-bond acceptors (Lipinski definition) is 3. The van der Waals surface area contributed by atoms with Crippen LogP contribution >= 0.6 is 12.4 Å². The predicted molar refractivity (Wildman–Crippen MR) is 99.4 cm³/mol. The van der Waals surface area contributed by atoms with Crippen molar-refractivity contribution < 1.29 is 9.59 Å². The second kappa shape index (κ2) is 10.8. The molecule has 0 aliphatic heterocycles. The Hall–Kier alpha value is -1.95. The first-order chi connectivity index (χ1) is 11.1. The number of anilines is 2. The quantitative estimate of drug-likeness (QED) is 0.467. The fourth-order valence-corrected chi connectivity index (χ4v) is 2.76. The Labute approximate surface area is 149 Å². The standard InChI is InChI=1S/C17H26N4O2.ClH/c18-14-9-4-5-10-15(14)21-16(22)11-6-12-19-17(23)20-13-7-2-1-3-8-13;/h4-5,9-10,13H,1-3,6-8,11-12,18H2,(H,21,22)(H2,19,20,23);1H. The molecule has 0 unspecified atom stereocenters. The number of carbonyl (C=O) groups excluding carboxylic acids is 2. The smallest absolute Gasteiger partial charge is 0.315 e. The second-order valence-corrected chi connectivity index (χ2v) is 5.97. The van der Waals surface area contributed by atoms with Gasteiger partial charge < -0.3 is 21.7 Å². The first kappa shape index (κ1) is 20.1. The van der Waals surface area contributed by atoms with Crippen molar-refractivity contribution in [1.29, 1.82) is 0 Å². The van der Waals surface area contributed by atoms with E-state index in [1.807, 2.05) is 12.1 Å². The number of hydrogen-bond donors (Lipinski definition) is 4. The topological polar surface area (TPSA) is 96.2 Å². The molecule has 1 aliphatic rings. The molecule has 2 rings (SSSR count). The number of carbonyl (C=O) groups is 2. The van der Waals surface area contributed by atoms with Crippen LogP contribution in [0.3, 0.4) is 0 Å². The number of amides is 3. The largest absolute Gasteiger partial charge is 0.397 e. The van der Waals surface area contributed by atoms with Gasteiger partial charge in [-0.25, -0.2) is 4.79 Å². The normalized spacial score (nSPS) is 14.3. The Balaban J connectivity index is 0.00000288. The molecule has 1 aromatic carbocycles. The summed E-state index contributed by atoms with van der Waals surface area (Å²) in [5, 5.41) is 8.56. The van der Waals surface area contributed by atoms with Crippen LogP contribution in [0, 0.1) is 0 Å². The molecule has 1 fully saturated rings. The zero-order valence-electron chi connectivity index (χ0n) is 13.8. The molecule has 3 amide bonds. The Kier molecular flexibility index (Phi) is 9.01. The van der Waals surface area contributed by atoms with E-state index in [9.17, 15) is 9.59 Å². The summed E-state index contributed by atoms with van der Waals surface area (Å²) in [4.78, 5) is 23.6. The average Bonchev–Trinajstić information content (AvgIpc) is 2.55. The van der Waals surface area contributed by atoms with Crippen molar-refractivity contribution in [2.45, 2.75) is 51.0 Å². The van der Waals surface area contributed by atoms with Gasteiger partial charge in [-0.05, 0) is 31.4 Å². The van der Waals surface area contributed by atoms with Gasteiger partial charge in [-0.1, -0.05) is 31.4 Å². The number of nitrogens with one attached hydrogen (secondary N) is 3. The van der Waals surface area contributed by atoms with Gasteiger partial charge >= 0.3 is 6.03 Å². The van der Waals surface area contributed by atoms with Crippen LogP contribution in [0.5, 0.6) is 0 Å². The van der Waals surface area contributed by atoms with Crippen LogP contribution in [0.15, 0.2) is 24.3 Å². The molecule has 0 heterocycles. The van der Waals surface area contributed by atoms with Crippen molar-refractivity contribution in [2.24, 2.45) is 0 Å². The van der Waals surface area contributed by atoms with Crippen molar-refractivity contribution >= 4 is 35.7 Å². The molecule has 6 nitrogen and oxygen atoms in total. The van der Waals surface area contributed by atoms with Gasteiger partial charge in [-0.15, -0.1) is 12.4 Å². The third-order valence-electron chi connectivity index (χ3n) is 4.04. The monoisotopic (exact) mass is 354 g/mol. The molecule has 7 heteroatoms. The Morgan fingerprint density at radius 2 is 1.83 bits per heavy atom. The van der Waals surface area contributed by atoms with Gasteiger partial charge in [0.2, 0.25) is 5.91 Å². The van der Waals surface area contributed by atoms with Crippen LogP contribution < -0.4 is 21.7 Å². The van der Waals surface area contributed by atoms with Gasteiger partial charge in [-0.3, -0.25) is 4.79 Å². The van der Waals surface area contributed by atoms with Crippen molar-refractivity contribution in [3.63, 3.8) is 0 Å². The van der Waals surface area contributed by atoms with E-state index in [4.69, 9.17) is 5.73 Å². The molecule has 1 aliphatic carbocycles. The average molecular weight is 355 g/mol. The minimum absolute atomic E-state index is 0. The van der Waals surface area contributed by atoms with E-state index in [2.05, 4.69) is 16.0 Å². The zero-order valence-corrected chi connectivity index (χ0v) is 14.7. The molecule has 134 valence electrons. The number of urea groups is 1. The van der Waals surface area contributed by atoms with Crippen LogP contribution in [-0.4, -0.2) is 24.5 Å². The molecule has 5 N–H and O–H groups in total. The fourth-order valence-electron chi connectivity index (χ4n) is 2.76. The maximum Gasteiger partial charge on any atom is 0.315 e. The SMILES string of the molecule is Cl.Nc1ccccc1NC(=O)CCCNC(=O)NC1CCCCC1. The molecule has 0 spiro atoms. The van der Waals surface area contributed by atoms with Crippen LogP contribution in [0.25, 0.3) is 0 Å². The minimum atomic E-state index is -0.135. The number of rotatable bonds is 6. The summed E-state index contributed by atoms with van der Waals surface area (Å²) in [5.74, 6) is -0.0996. The first-order valence-electron chi connectivity index (χ1n) is 8.34. The minimum Gasteiger partial charge on any atom is -0.397 e. The molecular weight excluding hydrogens is 328 g/mol. The van der Waals surface area contributed by atoms with Gasteiger partial charge in [0.15, 0.2) is 0 Å². The summed E-state index contributed by atoms with van der Waals surface area (Å²) in [6.07, 6.45) is 6.71. The van der Waals surface area contributed by atoms with Crippen LogP contribution in [0.1, 0.15) is 44.9 Å². The lowest BCUT2D eigenvalue weighted by Crippen LogP contribution is -2.43. The first-order valence-corrected chi connectivity index (χ1v) is 8.34. The maximum absolute atomic E-state index is 11.8. The van der Waals surface area contributed by atoms with E-state index in [1.54, 1.807) is 12.1 Å². The van der Waals surface area contributed by atoms with E-state index in [-0.39, 0.29) is 24.3 Å². The molecule has 0 radical (unpaired) electrons. The molecule has 0 aromatic heterocycles. The third-order valence-corrected chi connectivity index (χ3v) is 4.04. The number of benzene rings is 1. The molecule has 0 bridgehead atoms. The van der Waals surface area contributed by atoms with Gasteiger partial charge in [0.25, 0.3) is 0 Å². The molecule has 1 saturated carbocycles. The lowest BCUT2D eigenvalue weighted by atomic mass is 9.96. The van der Waals surface area contributed by atoms with Crippen molar-refractivity contribution in [1.82, 2.24) is 10.6 Å². The molecule has 0 saturated heterocycles. The van der Waals surface area contributed by atoms with E-state index in [0.717, 1.165) is 12.8 Å². The highest BCUT2D eigenvalue weighted by Crippen LogP contribution is 2.17. The summed E-state index contributed by atoms with van der Waals surface area (Å²) in [7, 11) is 0. The molecular formula is C17H27ClN4O2. The van der Waals surface area contributed by atoms with Gasteiger partial charge in [-0.2, -0.15) is 0 Å². The van der Waals surface area contributed by atoms with E-state index < -0.39 is 0 Å². The van der Waals surface area contributed by atoms with Crippen LogP contribution in [-0.2, 0) is 4.79 Å². The number of halogens is 1. The second-order valence-electron chi connectivity index (χ2n) is 5.97. The highest BCUT2D eigenvalue weighted by atomic mass is 35.5. The summed E-state index contributed by atoms with van der Waals surface area (Å²) in [5.41, 5.74) is 6.94. The van der Waals surface area contributed by atoms with Crippen LogP contribution in [0.4, 0.5) is 16.2 Å². The van der Waals surface area contributed by atoms with E-state index in [1.165, 1.54) is 19.3 Å². The fraction of sp³-hybridized carbons (Fsp3) is 0.529. The number of nitrogens with two attached hydrogens (primary N) is 1. The summed E-state index contributed by atoms with van der Waals surface area (Å²) in [6.45, 7) is 0.482. The highest BCUT2D eigenvalue weighted by Gasteiger charge is 2.15. The maximum atomic E-state index is 11.8. The highest BCUT2D eigenvalue weighted by molar-refractivity contribution is 5.93. The van der Waals surface area contributed by atoms with Crippen molar-refractivity contribution in [3.05, 3.63) is 24.3 Å². The summed E-state index contributed by atoms with van der Waals surface area (Å²) in [6, 6.07) is 7.32. The summed E-state index contributed by atoms with van der Waals surface area (Å²) < 4.78 is 0. The van der Waals surface area contributed by atoms with E-state index >= 15 is 0 Å². The Bertz CT molecular complexity index is 533. The Morgan fingerprint density at radius 3 is 2.54 bits per heavy atom. The lowest BCUT2D eigenvalue weighted by molar-refractivity contribution is -0.116. The van der Waals surface area contributed by atoms with Gasteiger partial charge in [0.05, 0.1) is 11.4 Å².